The molecule has 3 heterocycles. The molecule has 2 aromatic heterocycles. The van der Waals surface area contributed by atoms with Crippen molar-refractivity contribution in [2.45, 2.75) is 18.8 Å². The molecule has 1 aromatic carbocycles. The molecule has 2 N–H and O–H groups in total. The van der Waals surface area contributed by atoms with Crippen molar-refractivity contribution in [3.63, 3.8) is 0 Å². The number of amides is 1. The van der Waals surface area contributed by atoms with E-state index in [4.69, 9.17) is 0 Å². The second-order valence-electron chi connectivity index (χ2n) is 6.17. The number of aromatic nitrogens is 3. The predicted octanol–water partition coefficient (Wildman–Crippen LogP) is 3.19. The molecule has 26 heavy (non-hydrogen) atoms. The molecule has 0 saturated carbocycles. The van der Waals surface area contributed by atoms with Crippen LogP contribution in [-0.2, 0) is 0 Å². The van der Waals surface area contributed by atoms with Crippen LogP contribution in [0.2, 0.25) is 0 Å². The third-order valence-corrected chi connectivity index (χ3v) is 5.54. The molecule has 0 unspecified atom stereocenters. The van der Waals surface area contributed by atoms with Crippen LogP contribution >= 0.6 is 11.3 Å². The molecule has 6 nitrogen and oxygen atoms in total. The Hall–Kier alpha value is -2.58. The lowest BCUT2D eigenvalue weighted by atomic mass is 9.97. The molecule has 0 aliphatic carbocycles. The molecule has 0 radical (unpaired) electrons. The van der Waals surface area contributed by atoms with Crippen LogP contribution in [-0.4, -0.2) is 33.5 Å². The Kier molecular flexibility index (Phi) is 4.77. The molecule has 0 atom stereocenters. The SMILES string of the molecule is O=C(Nc1ncc(C2CCNCC2)s1)c1cncn1-c1ccc(F)cc1. The van der Waals surface area contributed by atoms with Gasteiger partial charge in [-0.25, -0.2) is 14.4 Å². The number of hydrogen-bond acceptors (Lipinski definition) is 5. The molecule has 1 saturated heterocycles. The Morgan fingerprint density at radius 3 is 2.77 bits per heavy atom. The first kappa shape index (κ1) is 16.9. The van der Waals surface area contributed by atoms with Gasteiger partial charge in [-0.3, -0.25) is 14.7 Å². The lowest BCUT2D eigenvalue weighted by molar-refractivity contribution is 0.102. The van der Waals surface area contributed by atoms with E-state index >= 15 is 0 Å². The summed E-state index contributed by atoms with van der Waals surface area (Å²) in [6, 6.07) is 5.91. The Morgan fingerprint density at radius 2 is 2.00 bits per heavy atom. The number of halogens is 1. The molecule has 1 aliphatic heterocycles. The van der Waals surface area contributed by atoms with Crippen LogP contribution in [0.25, 0.3) is 5.69 Å². The number of piperidine rings is 1. The summed E-state index contributed by atoms with van der Waals surface area (Å²) in [4.78, 5) is 22.2. The maximum Gasteiger partial charge on any atom is 0.276 e. The number of thiazole rings is 1. The lowest BCUT2D eigenvalue weighted by Gasteiger charge is -2.20. The van der Waals surface area contributed by atoms with Crippen molar-refractivity contribution in [2.75, 3.05) is 18.4 Å². The fourth-order valence-electron chi connectivity index (χ4n) is 3.07. The number of carbonyl (C=O) groups excluding carboxylic acids is 1. The summed E-state index contributed by atoms with van der Waals surface area (Å²) in [6.45, 7) is 2.03. The largest absolute Gasteiger partial charge is 0.317 e. The van der Waals surface area contributed by atoms with E-state index in [0.717, 1.165) is 25.9 Å². The van der Waals surface area contributed by atoms with E-state index in [1.54, 1.807) is 16.7 Å². The Balaban J connectivity index is 1.50. The minimum absolute atomic E-state index is 0.293. The summed E-state index contributed by atoms with van der Waals surface area (Å²) in [5.74, 6) is -0.115. The average Bonchev–Trinajstić information content (AvgIpc) is 3.33. The van der Waals surface area contributed by atoms with E-state index < -0.39 is 0 Å². The Labute approximate surface area is 154 Å². The van der Waals surface area contributed by atoms with Crippen LogP contribution in [0.4, 0.5) is 9.52 Å². The number of hydrogen-bond donors (Lipinski definition) is 2. The van der Waals surface area contributed by atoms with Crippen molar-refractivity contribution >= 4 is 22.4 Å². The summed E-state index contributed by atoms with van der Waals surface area (Å²) in [5, 5.41) is 6.77. The van der Waals surface area contributed by atoms with Crippen LogP contribution in [0.3, 0.4) is 0 Å². The van der Waals surface area contributed by atoms with Gasteiger partial charge in [0, 0.05) is 16.8 Å². The monoisotopic (exact) mass is 371 g/mol. The van der Waals surface area contributed by atoms with Crippen molar-refractivity contribution in [3.8, 4) is 5.69 Å². The predicted molar refractivity (Wildman–Crippen MR) is 98.4 cm³/mol. The highest BCUT2D eigenvalue weighted by molar-refractivity contribution is 7.15. The van der Waals surface area contributed by atoms with Gasteiger partial charge in [0.25, 0.3) is 5.91 Å². The first-order valence-electron chi connectivity index (χ1n) is 8.47. The van der Waals surface area contributed by atoms with Gasteiger partial charge in [0.1, 0.15) is 11.5 Å². The molecule has 1 fully saturated rings. The summed E-state index contributed by atoms with van der Waals surface area (Å²) in [5.41, 5.74) is 1.04. The summed E-state index contributed by atoms with van der Waals surface area (Å²) in [7, 11) is 0. The van der Waals surface area contributed by atoms with Gasteiger partial charge in [0.2, 0.25) is 0 Å². The van der Waals surface area contributed by atoms with Crippen molar-refractivity contribution < 1.29 is 9.18 Å². The molecule has 8 heteroatoms. The van der Waals surface area contributed by atoms with E-state index in [-0.39, 0.29) is 11.7 Å². The van der Waals surface area contributed by atoms with Gasteiger partial charge >= 0.3 is 0 Å². The molecule has 134 valence electrons. The third kappa shape index (κ3) is 3.51. The molecular formula is C18H18FN5OS. The highest BCUT2D eigenvalue weighted by atomic mass is 32.1. The van der Waals surface area contributed by atoms with Crippen LogP contribution in [0.1, 0.15) is 34.1 Å². The minimum Gasteiger partial charge on any atom is -0.317 e. The smallest absolute Gasteiger partial charge is 0.276 e. The van der Waals surface area contributed by atoms with Crippen LogP contribution in [0.5, 0.6) is 0 Å². The van der Waals surface area contributed by atoms with Gasteiger partial charge in [-0.15, -0.1) is 11.3 Å². The standard InChI is InChI=1S/C18H18FN5OS/c19-13-1-3-14(4-2-13)24-11-21-9-15(24)17(25)23-18-22-10-16(26-18)12-5-7-20-8-6-12/h1-4,9-12,20H,5-8H2,(H,22,23,25). The summed E-state index contributed by atoms with van der Waals surface area (Å²) >= 11 is 1.52. The van der Waals surface area contributed by atoms with E-state index in [1.165, 1.54) is 40.9 Å². The fraction of sp³-hybridized carbons (Fsp3) is 0.278. The van der Waals surface area contributed by atoms with Crippen molar-refractivity contribution in [3.05, 3.63) is 59.4 Å². The van der Waals surface area contributed by atoms with Gasteiger partial charge in [0.15, 0.2) is 5.13 Å². The van der Waals surface area contributed by atoms with Crippen molar-refractivity contribution in [1.29, 1.82) is 0 Å². The molecule has 1 aliphatic rings. The van der Waals surface area contributed by atoms with E-state index in [9.17, 15) is 9.18 Å². The number of nitrogens with zero attached hydrogens (tertiary/aromatic N) is 3. The van der Waals surface area contributed by atoms with Crippen LogP contribution < -0.4 is 10.6 Å². The maximum atomic E-state index is 13.1. The zero-order valence-corrected chi connectivity index (χ0v) is 14.8. The van der Waals surface area contributed by atoms with Crippen LogP contribution in [0.15, 0.2) is 43.0 Å². The highest BCUT2D eigenvalue weighted by Gasteiger charge is 2.19. The van der Waals surface area contributed by atoms with Crippen LogP contribution in [0, 0.1) is 5.82 Å². The summed E-state index contributed by atoms with van der Waals surface area (Å²) < 4.78 is 14.7. The lowest BCUT2D eigenvalue weighted by Crippen LogP contribution is -2.26. The molecular weight excluding hydrogens is 353 g/mol. The quantitative estimate of drug-likeness (QED) is 0.739. The average molecular weight is 371 g/mol. The van der Waals surface area contributed by atoms with Crippen molar-refractivity contribution in [2.24, 2.45) is 0 Å². The highest BCUT2D eigenvalue weighted by Crippen LogP contribution is 2.31. The number of nitrogens with one attached hydrogen (secondary N) is 2. The van der Waals surface area contributed by atoms with Crippen molar-refractivity contribution in [1.82, 2.24) is 19.9 Å². The van der Waals surface area contributed by atoms with Gasteiger partial charge in [-0.2, -0.15) is 0 Å². The fourth-order valence-corrected chi connectivity index (χ4v) is 4.05. The maximum absolute atomic E-state index is 13.1. The zero-order valence-electron chi connectivity index (χ0n) is 14.0. The number of anilines is 1. The molecule has 1 amide bonds. The van der Waals surface area contributed by atoms with Gasteiger partial charge in [0.05, 0.1) is 12.5 Å². The third-order valence-electron chi connectivity index (χ3n) is 4.46. The number of rotatable bonds is 4. The van der Waals surface area contributed by atoms with Gasteiger partial charge in [-0.05, 0) is 56.1 Å². The first-order valence-corrected chi connectivity index (χ1v) is 9.28. The number of imidazole rings is 1. The minimum atomic E-state index is -0.326. The number of benzene rings is 1. The Morgan fingerprint density at radius 1 is 1.23 bits per heavy atom. The van der Waals surface area contributed by atoms with E-state index in [0.29, 0.717) is 22.4 Å². The van der Waals surface area contributed by atoms with Gasteiger partial charge in [-0.1, -0.05) is 0 Å². The summed E-state index contributed by atoms with van der Waals surface area (Å²) in [6.07, 6.45) is 7.05. The first-order chi connectivity index (χ1) is 12.7. The van der Waals surface area contributed by atoms with E-state index in [2.05, 4.69) is 20.6 Å². The second kappa shape index (κ2) is 7.35. The normalized spacial score (nSPS) is 15.1. The zero-order chi connectivity index (χ0) is 17.9. The number of carbonyl (C=O) groups is 1. The molecule has 4 rings (SSSR count). The van der Waals surface area contributed by atoms with Gasteiger partial charge < -0.3 is 5.32 Å². The molecule has 0 spiro atoms. The van der Waals surface area contributed by atoms with E-state index in [1.807, 2.05) is 6.20 Å². The topological polar surface area (TPSA) is 71.8 Å². The second-order valence-corrected chi connectivity index (χ2v) is 7.23. The Bertz CT molecular complexity index is 898. The molecule has 3 aromatic rings. The molecule has 0 bridgehead atoms.